The Bertz CT molecular complexity index is 447. The topological polar surface area (TPSA) is 50.3 Å². The van der Waals surface area contributed by atoms with Crippen LogP contribution < -0.4 is 5.32 Å². The van der Waals surface area contributed by atoms with Crippen molar-refractivity contribution in [1.29, 1.82) is 0 Å². The highest BCUT2D eigenvalue weighted by molar-refractivity contribution is 5.39. The van der Waals surface area contributed by atoms with Gasteiger partial charge in [0.25, 0.3) is 0 Å². The van der Waals surface area contributed by atoms with Crippen molar-refractivity contribution in [2.75, 3.05) is 31.6 Å². The number of hydrogen-bond acceptors (Lipinski definition) is 5. The Morgan fingerprint density at radius 1 is 1.42 bits per heavy atom. The molecule has 19 heavy (non-hydrogen) atoms. The van der Waals surface area contributed by atoms with E-state index in [0.29, 0.717) is 0 Å². The van der Waals surface area contributed by atoms with E-state index < -0.39 is 0 Å². The van der Waals surface area contributed by atoms with Crippen LogP contribution >= 0.6 is 0 Å². The number of nitrogens with one attached hydrogen (secondary N) is 1. The largest absolute Gasteiger partial charge is 0.374 e. The zero-order valence-electron chi connectivity index (χ0n) is 11.7. The molecule has 1 atom stereocenters. The van der Waals surface area contributed by atoms with Crippen LogP contribution in [-0.4, -0.2) is 53.3 Å². The molecule has 3 rings (SSSR count). The Kier molecular flexibility index (Phi) is 3.66. The van der Waals surface area contributed by atoms with E-state index in [9.17, 15) is 0 Å². The Labute approximate surface area is 114 Å². The van der Waals surface area contributed by atoms with Crippen LogP contribution in [0.5, 0.6) is 0 Å². The molecule has 0 bridgehead atoms. The molecule has 1 saturated carbocycles. The van der Waals surface area contributed by atoms with Crippen LogP contribution in [0.3, 0.4) is 0 Å². The van der Waals surface area contributed by atoms with Crippen molar-refractivity contribution in [2.24, 2.45) is 0 Å². The van der Waals surface area contributed by atoms with Gasteiger partial charge in [0.1, 0.15) is 5.82 Å². The predicted octanol–water partition coefficient (Wildman–Crippen LogP) is 1.37. The van der Waals surface area contributed by atoms with E-state index in [-0.39, 0.29) is 6.10 Å². The van der Waals surface area contributed by atoms with Crippen molar-refractivity contribution in [2.45, 2.75) is 38.8 Å². The number of morpholine rings is 1. The van der Waals surface area contributed by atoms with Crippen molar-refractivity contribution in [3.8, 4) is 0 Å². The molecule has 0 amide bonds. The van der Waals surface area contributed by atoms with Gasteiger partial charge in [-0.3, -0.25) is 9.88 Å². The second-order valence-corrected chi connectivity index (χ2v) is 5.55. The Balaban J connectivity index is 1.54. The van der Waals surface area contributed by atoms with Crippen LogP contribution in [0.4, 0.5) is 5.82 Å². The van der Waals surface area contributed by atoms with E-state index in [1.807, 2.05) is 13.8 Å². The van der Waals surface area contributed by atoms with Gasteiger partial charge in [0.2, 0.25) is 0 Å². The van der Waals surface area contributed by atoms with Crippen LogP contribution in [0.1, 0.15) is 24.2 Å². The van der Waals surface area contributed by atoms with Gasteiger partial charge in [-0.1, -0.05) is 0 Å². The molecule has 0 radical (unpaired) electrons. The Hall–Kier alpha value is -1.20. The minimum Gasteiger partial charge on any atom is -0.374 e. The summed E-state index contributed by atoms with van der Waals surface area (Å²) < 4.78 is 5.83. The number of aryl methyl sites for hydroxylation is 2. The molecule has 1 saturated heterocycles. The highest BCUT2D eigenvalue weighted by Gasteiger charge is 2.32. The van der Waals surface area contributed by atoms with Crippen molar-refractivity contribution >= 4 is 5.82 Å². The fourth-order valence-corrected chi connectivity index (χ4v) is 2.55. The number of ether oxygens (including phenoxy) is 1. The summed E-state index contributed by atoms with van der Waals surface area (Å²) in [5.41, 5.74) is 1.89. The van der Waals surface area contributed by atoms with Gasteiger partial charge in [-0.25, -0.2) is 4.98 Å². The average molecular weight is 262 g/mol. The van der Waals surface area contributed by atoms with Crippen LogP contribution in [0.15, 0.2) is 6.20 Å². The molecule has 1 aliphatic carbocycles. The van der Waals surface area contributed by atoms with E-state index in [1.165, 1.54) is 12.8 Å². The van der Waals surface area contributed by atoms with E-state index in [2.05, 4.69) is 20.2 Å². The number of aromatic nitrogens is 2. The SMILES string of the molecule is Cc1cnc(C)c(NCC2CN(C3CC3)CCO2)n1. The van der Waals surface area contributed by atoms with Crippen molar-refractivity contribution in [1.82, 2.24) is 14.9 Å². The molecular formula is C14H22N4O. The number of nitrogens with zero attached hydrogens (tertiary/aromatic N) is 3. The standard InChI is InChI=1S/C14H22N4O/c1-10-7-15-11(2)14(17-10)16-8-13-9-18(5-6-19-13)12-3-4-12/h7,12-13H,3-6,8-9H2,1-2H3,(H,16,17). The maximum absolute atomic E-state index is 5.83. The quantitative estimate of drug-likeness (QED) is 0.888. The molecule has 1 unspecified atom stereocenters. The lowest BCUT2D eigenvalue weighted by Crippen LogP contribution is -2.46. The van der Waals surface area contributed by atoms with Crippen LogP contribution in [0.25, 0.3) is 0 Å². The van der Waals surface area contributed by atoms with Gasteiger partial charge in [-0.15, -0.1) is 0 Å². The molecule has 2 heterocycles. The maximum Gasteiger partial charge on any atom is 0.147 e. The molecular weight excluding hydrogens is 240 g/mol. The molecule has 2 aliphatic rings. The van der Waals surface area contributed by atoms with E-state index in [4.69, 9.17) is 4.74 Å². The van der Waals surface area contributed by atoms with Gasteiger partial charge < -0.3 is 10.1 Å². The summed E-state index contributed by atoms with van der Waals surface area (Å²) in [7, 11) is 0. The minimum absolute atomic E-state index is 0.260. The molecule has 5 heteroatoms. The second-order valence-electron chi connectivity index (χ2n) is 5.55. The van der Waals surface area contributed by atoms with Gasteiger partial charge in [0.15, 0.2) is 0 Å². The van der Waals surface area contributed by atoms with E-state index in [1.54, 1.807) is 6.20 Å². The third kappa shape index (κ3) is 3.22. The van der Waals surface area contributed by atoms with Crippen LogP contribution in [0, 0.1) is 13.8 Å². The third-order valence-electron chi connectivity index (χ3n) is 3.81. The lowest BCUT2D eigenvalue weighted by molar-refractivity contribution is -0.0241. The monoisotopic (exact) mass is 262 g/mol. The molecule has 1 aliphatic heterocycles. The summed E-state index contributed by atoms with van der Waals surface area (Å²) in [5.74, 6) is 0.882. The van der Waals surface area contributed by atoms with Crippen molar-refractivity contribution in [3.05, 3.63) is 17.6 Å². The molecule has 1 aromatic rings. The van der Waals surface area contributed by atoms with E-state index in [0.717, 1.165) is 49.5 Å². The maximum atomic E-state index is 5.83. The fraction of sp³-hybridized carbons (Fsp3) is 0.714. The molecule has 0 aromatic carbocycles. The van der Waals surface area contributed by atoms with Gasteiger partial charge in [0.05, 0.1) is 24.1 Å². The lowest BCUT2D eigenvalue weighted by Gasteiger charge is -2.33. The summed E-state index contributed by atoms with van der Waals surface area (Å²) >= 11 is 0. The second kappa shape index (κ2) is 5.43. The predicted molar refractivity (Wildman–Crippen MR) is 74.3 cm³/mol. The molecule has 1 aromatic heterocycles. The highest BCUT2D eigenvalue weighted by Crippen LogP contribution is 2.28. The van der Waals surface area contributed by atoms with E-state index >= 15 is 0 Å². The highest BCUT2D eigenvalue weighted by atomic mass is 16.5. The van der Waals surface area contributed by atoms with Crippen LogP contribution in [-0.2, 0) is 4.74 Å². The van der Waals surface area contributed by atoms with Gasteiger partial charge in [-0.2, -0.15) is 0 Å². The Morgan fingerprint density at radius 2 is 2.26 bits per heavy atom. The summed E-state index contributed by atoms with van der Waals surface area (Å²) in [4.78, 5) is 11.4. The first-order chi connectivity index (χ1) is 9.22. The average Bonchev–Trinajstić information content (AvgIpc) is 3.25. The zero-order valence-corrected chi connectivity index (χ0v) is 11.7. The molecule has 0 spiro atoms. The summed E-state index contributed by atoms with van der Waals surface area (Å²) in [6.07, 6.45) is 4.79. The summed E-state index contributed by atoms with van der Waals surface area (Å²) in [6, 6.07) is 0.826. The molecule has 2 fully saturated rings. The van der Waals surface area contributed by atoms with Crippen molar-refractivity contribution < 1.29 is 4.74 Å². The van der Waals surface area contributed by atoms with Gasteiger partial charge >= 0.3 is 0 Å². The van der Waals surface area contributed by atoms with Gasteiger partial charge in [-0.05, 0) is 26.7 Å². The minimum atomic E-state index is 0.260. The van der Waals surface area contributed by atoms with Crippen LogP contribution in [0.2, 0.25) is 0 Å². The summed E-state index contributed by atoms with van der Waals surface area (Å²) in [5, 5.41) is 3.38. The first-order valence-electron chi connectivity index (χ1n) is 7.12. The van der Waals surface area contributed by atoms with Gasteiger partial charge in [0, 0.05) is 31.9 Å². The van der Waals surface area contributed by atoms with Crippen molar-refractivity contribution in [3.63, 3.8) is 0 Å². The molecule has 1 N–H and O–H groups in total. The first kappa shape index (κ1) is 12.8. The third-order valence-corrected chi connectivity index (χ3v) is 3.81. The molecule has 5 nitrogen and oxygen atoms in total. The lowest BCUT2D eigenvalue weighted by atomic mass is 10.2. The number of hydrogen-bond donors (Lipinski definition) is 1. The number of anilines is 1. The normalized spacial score (nSPS) is 24.4. The zero-order chi connectivity index (χ0) is 13.2. The fourth-order valence-electron chi connectivity index (χ4n) is 2.55. The Morgan fingerprint density at radius 3 is 3.05 bits per heavy atom. The molecule has 104 valence electrons. The summed E-state index contributed by atoms with van der Waals surface area (Å²) in [6.45, 7) is 7.72. The smallest absolute Gasteiger partial charge is 0.147 e. The number of rotatable bonds is 4. The first-order valence-corrected chi connectivity index (χ1v) is 7.12.